The Morgan fingerprint density at radius 2 is 1.62 bits per heavy atom. The molecule has 0 bridgehead atoms. The predicted octanol–water partition coefficient (Wildman–Crippen LogP) is 6.16. The minimum absolute atomic E-state index is 0.127. The van der Waals surface area contributed by atoms with Crippen molar-refractivity contribution in [2.75, 3.05) is 31.5 Å². The third-order valence-electron chi connectivity index (χ3n) is 7.03. The average Bonchev–Trinajstić information content (AvgIpc) is 3.19. The molecule has 2 aliphatic heterocycles. The lowest BCUT2D eigenvalue weighted by Crippen LogP contribution is -2.54. The summed E-state index contributed by atoms with van der Waals surface area (Å²) in [6.07, 6.45) is -19.1. The Hall–Kier alpha value is -2.71. The van der Waals surface area contributed by atoms with Crippen LogP contribution in [-0.4, -0.2) is 72.4 Å². The molecule has 1 amide bonds. The Balaban J connectivity index is 1.69. The number of hydrogen-bond acceptors (Lipinski definition) is 5. The van der Waals surface area contributed by atoms with Gasteiger partial charge in [-0.1, -0.05) is 0 Å². The van der Waals surface area contributed by atoms with Crippen LogP contribution in [0.15, 0.2) is 18.2 Å². The molecule has 6 nitrogen and oxygen atoms in total. The highest BCUT2D eigenvalue weighted by molar-refractivity contribution is 5.68. The number of halogens is 9. The molecule has 0 atom stereocenters. The molecule has 39 heavy (non-hydrogen) atoms. The lowest BCUT2D eigenvalue weighted by Gasteiger charge is -2.45. The first-order valence-corrected chi connectivity index (χ1v) is 12.3. The zero-order valence-corrected chi connectivity index (χ0v) is 20.7. The maximum atomic E-state index is 13.5. The number of anilines is 1. The van der Waals surface area contributed by atoms with Crippen LogP contribution in [-0.2, 0) is 22.3 Å². The van der Waals surface area contributed by atoms with Crippen LogP contribution in [0.3, 0.4) is 0 Å². The molecule has 0 aromatic heterocycles. The molecule has 2 saturated heterocycles. The second kappa shape index (κ2) is 11.8. The first kappa shape index (κ1) is 30.8. The molecule has 2 aliphatic rings. The Morgan fingerprint density at radius 3 is 2.18 bits per heavy atom. The molecule has 0 aliphatic carbocycles. The normalized spacial score (nSPS) is 18.6. The second-order valence-corrected chi connectivity index (χ2v) is 9.74. The van der Waals surface area contributed by atoms with Gasteiger partial charge in [0.25, 0.3) is 6.10 Å². The van der Waals surface area contributed by atoms with Crippen molar-refractivity contribution in [3.63, 3.8) is 0 Å². The van der Waals surface area contributed by atoms with Crippen molar-refractivity contribution in [3.8, 4) is 0 Å². The second-order valence-electron chi connectivity index (χ2n) is 9.74. The van der Waals surface area contributed by atoms with E-state index in [9.17, 15) is 49.1 Å². The molecule has 3 rings (SSSR count). The molecule has 220 valence electrons. The number of unbranched alkanes of at least 4 members (excludes halogenated alkanes) is 1. The highest BCUT2D eigenvalue weighted by Gasteiger charge is 2.60. The number of nitrogens with one attached hydrogen (secondary N) is 1. The van der Waals surface area contributed by atoms with E-state index in [1.54, 1.807) is 6.07 Å². The first-order chi connectivity index (χ1) is 18.0. The monoisotopic (exact) mass is 577 g/mol. The summed E-state index contributed by atoms with van der Waals surface area (Å²) in [4.78, 5) is 25.4. The fraction of sp³-hybridized carbons (Fsp3) is 0.667. The molecular formula is C24H28F9N3O3. The Bertz CT molecular complexity index is 989. The quantitative estimate of drug-likeness (QED) is 0.228. The van der Waals surface area contributed by atoms with Gasteiger partial charge in [0.1, 0.15) is 6.29 Å². The third-order valence-corrected chi connectivity index (χ3v) is 7.03. The maximum Gasteiger partial charge on any atom is 0.434 e. The number of rotatable bonds is 8. The summed E-state index contributed by atoms with van der Waals surface area (Å²) in [5.41, 5.74) is -0.826. The molecule has 15 heteroatoms. The summed E-state index contributed by atoms with van der Waals surface area (Å²) in [6, 6.07) is 3.58. The number of carbonyl (C=O) groups is 2. The molecule has 0 saturated carbocycles. The molecule has 1 aromatic rings. The smallest absolute Gasteiger partial charge is 0.426 e. The average molecular weight is 577 g/mol. The van der Waals surface area contributed by atoms with Gasteiger partial charge < -0.3 is 19.7 Å². The number of amides is 1. The molecule has 0 radical (unpaired) electrons. The number of aldehydes is 1. The van der Waals surface area contributed by atoms with Gasteiger partial charge in [-0.25, -0.2) is 4.79 Å². The van der Waals surface area contributed by atoms with Crippen molar-refractivity contribution in [2.24, 2.45) is 0 Å². The maximum absolute atomic E-state index is 13.5. The number of ether oxygens (including phenoxy) is 1. The van der Waals surface area contributed by atoms with E-state index in [0.29, 0.717) is 44.2 Å². The first-order valence-electron chi connectivity index (χ1n) is 12.3. The van der Waals surface area contributed by atoms with Gasteiger partial charge >= 0.3 is 24.6 Å². The van der Waals surface area contributed by atoms with Gasteiger partial charge in [-0.15, -0.1) is 0 Å². The van der Waals surface area contributed by atoms with Crippen LogP contribution in [0.2, 0.25) is 0 Å². The zero-order chi connectivity index (χ0) is 29.1. The Kier molecular flexibility index (Phi) is 9.33. The summed E-state index contributed by atoms with van der Waals surface area (Å²) >= 11 is 0. The van der Waals surface area contributed by atoms with Crippen molar-refractivity contribution in [2.45, 2.75) is 75.2 Å². The molecule has 2 fully saturated rings. The van der Waals surface area contributed by atoms with Gasteiger partial charge in [-0.05, 0) is 62.4 Å². The SMILES string of the molecule is O=CCCCNc1cc(CN2CCCC23CCN(C(=O)OC(C(F)(F)F)C(F)(F)F)CC3)cc(C(F)(F)F)c1. The van der Waals surface area contributed by atoms with Gasteiger partial charge in [-0.3, -0.25) is 4.90 Å². The molecule has 1 spiro atoms. The molecule has 1 N–H and O–H groups in total. The van der Waals surface area contributed by atoms with Crippen LogP contribution in [0, 0.1) is 0 Å². The van der Waals surface area contributed by atoms with Gasteiger partial charge in [0.15, 0.2) is 0 Å². The lowest BCUT2D eigenvalue weighted by molar-refractivity contribution is -0.308. The zero-order valence-electron chi connectivity index (χ0n) is 20.7. The summed E-state index contributed by atoms with van der Waals surface area (Å²) in [6.45, 7) is 0.616. The summed E-state index contributed by atoms with van der Waals surface area (Å²) < 4.78 is 121. The predicted molar refractivity (Wildman–Crippen MR) is 121 cm³/mol. The number of alkyl halides is 9. The van der Waals surface area contributed by atoms with Crippen molar-refractivity contribution >= 4 is 18.1 Å². The minimum Gasteiger partial charge on any atom is -0.426 e. The lowest BCUT2D eigenvalue weighted by atomic mass is 9.85. The van der Waals surface area contributed by atoms with Crippen LogP contribution in [0.25, 0.3) is 0 Å². The molecular weight excluding hydrogens is 549 g/mol. The third kappa shape index (κ3) is 7.92. The topological polar surface area (TPSA) is 61.9 Å². The van der Waals surface area contributed by atoms with Crippen LogP contribution in [0.5, 0.6) is 0 Å². The Morgan fingerprint density at radius 1 is 0.974 bits per heavy atom. The molecule has 1 aromatic carbocycles. The highest BCUT2D eigenvalue weighted by Crippen LogP contribution is 2.41. The van der Waals surface area contributed by atoms with E-state index in [0.717, 1.165) is 17.0 Å². The van der Waals surface area contributed by atoms with Crippen molar-refractivity contribution < 1.29 is 53.8 Å². The van der Waals surface area contributed by atoms with Crippen molar-refractivity contribution in [1.82, 2.24) is 9.80 Å². The van der Waals surface area contributed by atoms with E-state index in [1.165, 1.54) is 0 Å². The fourth-order valence-corrected chi connectivity index (χ4v) is 5.09. The minimum atomic E-state index is -5.82. The van der Waals surface area contributed by atoms with E-state index in [2.05, 4.69) is 10.1 Å². The van der Waals surface area contributed by atoms with Gasteiger partial charge in [0.05, 0.1) is 5.56 Å². The number of carbonyl (C=O) groups excluding carboxylic acids is 2. The largest absolute Gasteiger partial charge is 0.434 e. The van der Waals surface area contributed by atoms with Crippen LogP contribution in [0.4, 0.5) is 50.0 Å². The van der Waals surface area contributed by atoms with E-state index in [1.807, 2.05) is 4.90 Å². The van der Waals surface area contributed by atoms with E-state index in [-0.39, 0.29) is 44.6 Å². The van der Waals surface area contributed by atoms with Crippen LogP contribution in [0.1, 0.15) is 49.7 Å². The van der Waals surface area contributed by atoms with Gasteiger partial charge in [0.2, 0.25) is 0 Å². The molecule has 0 unspecified atom stereocenters. The van der Waals surface area contributed by atoms with Gasteiger partial charge in [-0.2, -0.15) is 39.5 Å². The number of benzene rings is 1. The Labute approximate surface area is 218 Å². The van der Waals surface area contributed by atoms with Crippen molar-refractivity contribution in [1.29, 1.82) is 0 Å². The summed E-state index contributed by atoms with van der Waals surface area (Å²) in [5, 5.41) is 2.89. The summed E-state index contributed by atoms with van der Waals surface area (Å²) in [5.74, 6) is 0. The highest BCUT2D eigenvalue weighted by atomic mass is 19.4. The van der Waals surface area contributed by atoms with E-state index >= 15 is 0 Å². The fourth-order valence-electron chi connectivity index (χ4n) is 5.09. The van der Waals surface area contributed by atoms with Gasteiger partial charge in [0, 0.05) is 43.8 Å². The van der Waals surface area contributed by atoms with E-state index < -0.39 is 41.8 Å². The molecule has 2 heterocycles. The number of hydrogen-bond donors (Lipinski definition) is 1. The van der Waals surface area contributed by atoms with Crippen LogP contribution < -0.4 is 5.32 Å². The van der Waals surface area contributed by atoms with Crippen molar-refractivity contribution in [3.05, 3.63) is 29.3 Å². The standard InChI is InChI=1S/C24H28F9N3O3/c25-22(26,27)17-12-16(13-18(14-17)34-7-1-2-11-37)15-36-8-3-4-21(36)5-9-35(10-6-21)20(38)39-19(23(28,29)30)24(31,32)33/h11-14,19,34H,1-10,15H2. The van der Waals surface area contributed by atoms with Crippen LogP contribution >= 0.6 is 0 Å². The van der Waals surface area contributed by atoms with E-state index in [4.69, 9.17) is 0 Å². The number of likely N-dealkylation sites (tertiary alicyclic amines) is 2. The number of nitrogens with zero attached hydrogens (tertiary/aromatic N) is 2. The number of piperidine rings is 1. The summed E-state index contributed by atoms with van der Waals surface area (Å²) in [7, 11) is 0.